The van der Waals surface area contributed by atoms with Crippen molar-refractivity contribution in [3.63, 3.8) is 0 Å². The van der Waals surface area contributed by atoms with E-state index in [-0.39, 0.29) is 6.04 Å². The van der Waals surface area contributed by atoms with Crippen molar-refractivity contribution in [1.29, 1.82) is 5.26 Å². The van der Waals surface area contributed by atoms with E-state index in [0.29, 0.717) is 12.6 Å². The molecule has 1 aromatic rings. The average Bonchev–Trinajstić information content (AvgIpc) is 3.32. The Labute approximate surface area is 129 Å². The van der Waals surface area contributed by atoms with Crippen LogP contribution in [-0.2, 0) is 0 Å². The lowest BCUT2D eigenvalue weighted by Crippen LogP contribution is -2.29. The van der Waals surface area contributed by atoms with Crippen LogP contribution in [0.3, 0.4) is 0 Å². The molecule has 5 heteroatoms. The molecule has 112 valence electrons. The molecular weight excluding hydrogens is 284 g/mol. The monoisotopic (exact) mass is 304 g/mol. The number of rotatable bonds is 6. The van der Waals surface area contributed by atoms with Gasteiger partial charge in [0.2, 0.25) is 0 Å². The van der Waals surface area contributed by atoms with Gasteiger partial charge >= 0.3 is 0 Å². The standard InChI is InChI=1S/C16H20N2O2S/c17-11-13(18-12-2-3-12)6-9-21-14-4-5-15-16(10-14)20-8-1-7-19-15/h4-5,10,12-13,18H,1-3,6-9H2. The summed E-state index contributed by atoms with van der Waals surface area (Å²) in [7, 11) is 0. The van der Waals surface area contributed by atoms with Gasteiger partial charge in [-0.2, -0.15) is 5.26 Å². The molecule has 21 heavy (non-hydrogen) atoms. The van der Waals surface area contributed by atoms with Crippen LogP contribution in [0.15, 0.2) is 23.1 Å². The second-order valence-electron chi connectivity index (χ2n) is 5.42. The summed E-state index contributed by atoms with van der Waals surface area (Å²) in [6, 6.07) is 8.99. The van der Waals surface area contributed by atoms with Gasteiger partial charge in [-0.05, 0) is 37.5 Å². The van der Waals surface area contributed by atoms with E-state index in [1.807, 2.05) is 12.1 Å². The van der Waals surface area contributed by atoms with Crippen LogP contribution in [0.4, 0.5) is 0 Å². The number of nitriles is 1. The number of hydrogen-bond donors (Lipinski definition) is 1. The zero-order valence-corrected chi connectivity index (χ0v) is 12.8. The van der Waals surface area contributed by atoms with Gasteiger partial charge in [-0.3, -0.25) is 5.32 Å². The third-order valence-electron chi connectivity index (χ3n) is 3.56. The highest BCUT2D eigenvalue weighted by Crippen LogP contribution is 2.34. The normalized spacial score (nSPS) is 18.6. The molecule has 1 N–H and O–H groups in total. The number of ether oxygens (including phenoxy) is 2. The average molecular weight is 304 g/mol. The van der Waals surface area contributed by atoms with E-state index < -0.39 is 0 Å². The van der Waals surface area contributed by atoms with Crippen molar-refractivity contribution >= 4 is 11.8 Å². The van der Waals surface area contributed by atoms with Gasteiger partial charge in [-0.1, -0.05) is 0 Å². The summed E-state index contributed by atoms with van der Waals surface area (Å²) in [6.45, 7) is 1.43. The first-order chi connectivity index (χ1) is 10.3. The quantitative estimate of drug-likeness (QED) is 0.819. The molecule has 1 aliphatic heterocycles. The van der Waals surface area contributed by atoms with E-state index in [1.165, 1.54) is 17.7 Å². The SMILES string of the molecule is N#CC(CCSc1ccc2c(c1)OCCCO2)NC1CC1. The molecule has 1 heterocycles. The Kier molecular flexibility index (Phi) is 4.89. The molecule has 4 nitrogen and oxygen atoms in total. The number of nitrogens with zero attached hydrogens (tertiary/aromatic N) is 1. The van der Waals surface area contributed by atoms with E-state index in [4.69, 9.17) is 14.7 Å². The van der Waals surface area contributed by atoms with Crippen molar-refractivity contribution in [1.82, 2.24) is 5.32 Å². The van der Waals surface area contributed by atoms with Crippen LogP contribution >= 0.6 is 11.8 Å². The lowest BCUT2D eigenvalue weighted by atomic mass is 10.2. The fourth-order valence-electron chi connectivity index (χ4n) is 2.25. The van der Waals surface area contributed by atoms with Crippen LogP contribution in [0, 0.1) is 11.3 Å². The topological polar surface area (TPSA) is 54.3 Å². The van der Waals surface area contributed by atoms with Gasteiger partial charge in [0.25, 0.3) is 0 Å². The Bertz CT molecular complexity index is 525. The van der Waals surface area contributed by atoms with E-state index in [1.54, 1.807) is 11.8 Å². The summed E-state index contributed by atoms with van der Waals surface area (Å²) in [6.07, 6.45) is 4.22. The molecule has 1 saturated carbocycles. The third-order valence-corrected chi connectivity index (χ3v) is 4.59. The fraction of sp³-hybridized carbons (Fsp3) is 0.562. The molecule has 1 atom stereocenters. The van der Waals surface area contributed by atoms with Crippen molar-refractivity contribution < 1.29 is 9.47 Å². The Hall–Kier alpha value is -1.38. The van der Waals surface area contributed by atoms with Gasteiger partial charge in [-0.15, -0.1) is 11.8 Å². The molecule has 1 fully saturated rings. The summed E-state index contributed by atoms with van der Waals surface area (Å²) in [4.78, 5) is 1.17. The van der Waals surface area contributed by atoms with E-state index in [0.717, 1.165) is 36.7 Å². The summed E-state index contributed by atoms with van der Waals surface area (Å²) < 4.78 is 11.3. The Morgan fingerprint density at radius 1 is 1.29 bits per heavy atom. The van der Waals surface area contributed by atoms with Crippen LogP contribution in [0.2, 0.25) is 0 Å². The van der Waals surface area contributed by atoms with Crippen molar-refractivity contribution in [2.45, 2.75) is 42.7 Å². The van der Waals surface area contributed by atoms with Crippen LogP contribution in [0.1, 0.15) is 25.7 Å². The molecule has 0 radical (unpaired) electrons. The van der Waals surface area contributed by atoms with Gasteiger partial charge in [0.05, 0.1) is 25.3 Å². The molecule has 0 spiro atoms. The number of fused-ring (bicyclic) bond motifs is 1. The van der Waals surface area contributed by atoms with E-state index in [9.17, 15) is 0 Å². The highest BCUT2D eigenvalue weighted by atomic mass is 32.2. The van der Waals surface area contributed by atoms with Gasteiger partial charge in [-0.25, -0.2) is 0 Å². The van der Waals surface area contributed by atoms with Crippen molar-refractivity contribution in [2.75, 3.05) is 19.0 Å². The van der Waals surface area contributed by atoms with Crippen molar-refractivity contribution in [3.8, 4) is 17.6 Å². The first kappa shape index (κ1) is 14.6. The summed E-state index contributed by atoms with van der Waals surface area (Å²) in [5, 5.41) is 12.5. The predicted octanol–water partition coefficient (Wildman–Crippen LogP) is 2.97. The molecular formula is C16H20N2O2S. The smallest absolute Gasteiger partial charge is 0.162 e. The number of benzene rings is 1. The van der Waals surface area contributed by atoms with E-state index >= 15 is 0 Å². The minimum Gasteiger partial charge on any atom is -0.490 e. The summed E-state index contributed by atoms with van der Waals surface area (Å²) >= 11 is 1.76. The summed E-state index contributed by atoms with van der Waals surface area (Å²) in [5.74, 6) is 2.60. The molecule has 1 aliphatic carbocycles. The van der Waals surface area contributed by atoms with E-state index in [2.05, 4.69) is 17.5 Å². The Morgan fingerprint density at radius 2 is 2.10 bits per heavy atom. The maximum absolute atomic E-state index is 9.13. The van der Waals surface area contributed by atoms with Gasteiger partial charge in [0, 0.05) is 23.1 Å². The highest BCUT2D eigenvalue weighted by molar-refractivity contribution is 7.99. The Balaban J connectivity index is 1.50. The van der Waals surface area contributed by atoms with Gasteiger partial charge < -0.3 is 9.47 Å². The molecule has 0 amide bonds. The first-order valence-electron chi connectivity index (χ1n) is 7.53. The second kappa shape index (κ2) is 7.06. The third kappa shape index (κ3) is 4.29. The minimum atomic E-state index is -0.0228. The van der Waals surface area contributed by atoms with Gasteiger partial charge in [0.15, 0.2) is 11.5 Å². The molecule has 1 aromatic carbocycles. The first-order valence-corrected chi connectivity index (χ1v) is 8.52. The molecule has 2 aliphatic rings. The van der Waals surface area contributed by atoms with Gasteiger partial charge in [0.1, 0.15) is 0 Å². The lowest BCUT2D eigenvalue weighted by molar-refractivity contribution is 0.297. The summed E-state index contributed by atoms with van der Waals surface area (Å²) in [5.41, 5.74) is 0. The second-order valence-corrected chi connectivity index (χ2v) is 6.59. The molecule has 0 aromatic heterocycles. The molecule has 0 saturated heterocycles. The largest absolute Gasteiger partial charge is 0.490 e. The van der Waals surface area contributed by atoms with Crippen molar-refractivity contribution in [2.24, 2.45) is 0 Å². The Morgan fingerprint density at radius 3 is 2.86 bits per heavy atom. The maximum Gasteiger partial charge on any atom is 0.162 e. The van der Waals surface area contributed by atoms with Crippen LogP contribution in [0.25, 0.3) is 0 Å². The number of thioether (sulfide) groups is 1. The fourth-order valence-corrected chi connectivity index (χ4v) is 3.19. The zero-order valence-electron chi connectivity index (χ0n) is 12.0. The molecule has 0 bridgehead atoms. The lowest BCUT2D eigenvalue weighted by Gasteiger charge is -2.11. The molecule has 1 unspecified atom stereocenters. The highest BCUT2D eigenvalue weighted by Gasteiger charge is 2.24. The van der Waals surface area contributed by atoms with Crippen LogP contribution in [-0.4, -0.2) is 31.1 Å². The maximum atomic E-state index is 9.13. The van der Waals surface area contributed by atoms with Crippen LogP contribution < -0.4 is 14.8 Å². The minimum absolute atomic E-state index is 0.0228. The van der Waals surface area contributed by atoms with Crippen LogP contribution in [0.5, 0.6) is 11.5 Å². The van der Waals surface area contributed by atoms with Crippen molar-refractivity contribution in [3.05, 3.63) is 18.2 Å². The molecule has 3 rings (SSSR count). The number of nitrogens with one attached hydrogen (secondary N) is 1. The zero-order chi connectivity index (χ0) is 14.5. The predicted molar refractivity (Wildman–Crippen MR) is 82.9 cm³/mol. The number of hydrogen-bond acceptors (Lipinski definition) is 5.